The minimum absolute atomic E-state index is 0.296. The Morgan fingerprint density at radius 3 is 2.94 bits per heavy atom. The number of nitrogen functional groups attached to an aromatic ring is 1. The summed E-state index contributed by atoms with van der Waals surface area (Å²) in [6.45, 7) is 0.527. The molecule has 0 saturated heterocycles. The molecule has 18 heavy (non-hydrogen) atoms. The third-order valence-corrected chi connectivity index (χ3v) is 2.84. The Bertz CT molecular complexity index is 712. The van der Waals surface area contributed by atoms with E-state index < -0.39 is 0 Å². The quantitative estimate of drug-likeness (QED) is 0.745. The summed E-state index contributed by atoms with van der Waals surface area (Å²) in [5.74, 6) is 0.0780. The number of imidazole rings is 1. The zero-order valence-corrected chi connectivity index (χ0v) is 9.84. The first kappa shape index (κ1) is 10.8. The van der Waals surface area contributed by atoms with Crippen molar-refractivity contribution in [3.63, 3.8) is 0 Å². The smallest absolute Gasteiger partial charge is 0.201 e. The largest absolute Gasteiger partial charge is 0.369 e. The third-order valence-electron chi connectivity index (χ3n) is 2.84. The highest BCUT2D eigenvalue weighted by Crippen LogP contribution is 2.20. The Hall–Kier alpha value is -2.37. The molecule has 2 N–H and O–H groups in total. The van der Waals surface area contributed by atoms with Crippen LogP contribution in [0.2, 0.25) is 0 Å². The zero-order valence-electron chi connectivity index (χ0n) is 9.84. The number of aromatic nitrogens is 4. The molecule has 3 aromatic rings. The number of hydrogen-bond acceptors (Lipinski definition) is 3. The van der Waals surface area contributed by atoms with Crippen LogP contribution in [0.15, 0.2) is 30.6 Å². The van der Waals surface area contributed by atoms with Gasteiger partial charge in [0.1, 0.15) is 5.82 Å². The number of rotatable bonds is 2. The first-order chi connectivity index (χ1) is 8.63. The molecular formula is C12H12FN5. The van der Waals surface area contributed by atoms with E-state index >= 15 is 0 Å². The molecule has 0 aliphatic carbocycles. The molecule has 92 valence electrons. The summed E-state index contributed by atoms with van der Waals surface area (Å²) in [5, 5.41) is 4.09. The maximum Gasteiger partial charge on any atom is 0.201 e. The van der Waals surface area contributed by atoms with E-state index in [2.05, 4.69) is 10.1 Å². The van der Waals surface area contributed by atoms with Gasteiger partial charge in [0.25, 0.3) is 0 Å². The summed E-state index contributed by atoms with van der Waals surface area (Å²) in [5.41, 5.74) is 8.24. The SMILES string of the molecule is Cn1cc(Cn2c(N)nc3ccc(F)cc32)cn1. The van der Waals surface area contributed by atoms with Gasteiger partial charge in [0.15, 0.2) is 0 Å². The predicted octanol–water partition coefficient (Wildman–Crippen LogP) is 1.54. The fourth-order valence-corrected chi connectivity index (χ4v) is 2.02. The second kappa shape index (κ2) is 3.83. The highest BCUT2D eigenvalue weighted by atomic mass is 19.1. The first-order valence-corrected chi connectivity index (χ1v) is 5.52. The number of fused-ring (bicyclic) bond motifs is 1. The minimum Gasteiger partial charge on any atom is -0.369 e. The Labute approximate surface area is 103 Å². The molecule has 5 nitrogen and oxygen atoms in total. The van der Waals surface area contributed by atoms with Crippen molar-refractivity contribution in [3.05, 3.63) is 42.0 Å². The fourth-order valence-electron chi connectivity index (χ4n) is 2.02. The zero-order chi connectivity index (χ0) is 12.7. The van der Waals surface area contributed by atoms with Gasteiger partial charge in [0, 0.05) is 18.8 Å². The van der Waals surface area contributed by atoms with Gasteiger partial charge in [-0.05, 0) is 18.2 Å². The lowest BCUT2D eigenvalue weighted by Crippen LogP contribution is -2.04. The van der Waals surface area contributed by atoms with Gasteiger partial charge in [-0.3, -0.25) is 4.68 Å². The predicted molar refractivity (Wildman–Crippen MR) is 66.4 cm³/mol. The Balaban J connectivity index is 2.10. The molecule has 6 heteroatoms. The average molecular weight is 245 g/mol. The van der Waals surface area contributed by atoms with Gasteiger partial charge >= 0.3 is 0 Å². The van der Waals surface area contributed by atoms with Gasteiger partial charge in [-0.25, -0.2) is 9.37 Å². The van der Waals surface area contributed by atoms with Crippen LogP contribution in [0.5, 0.6) is 0 Å². The molecule has 3 rings (SSSR count). The monoisotopic (exact) mass is 245 g/mol. The number of aryl methyl sites for hydroxylation is 1. The molecule has 0 radical (unpaired) electrons. The fraction of sp³-hybridized carbons (Fsp3) is 0.167. The van der Waals surface area contributed by atoms with Crippen LogP contribution in [0.25, 0.3) is 11.0 Å². The molecule has 0 bridgehead atoms. The molecule has 0 aliphatic rings. The van der Waals surface area contributed by atoms with Gasteiger partial charge in [-0.2, -0.15) is 5.10 Å². The summed E-state index contributed by atoms with van der Waals surface area (Å²) in [6.07, 6.45) is 3.65. The number of halogens is 1. The first-order valence-electron chi connectivity index (χ1n) is 5.52. The van der Waals surface area contributed by atoms with E-state index in [1.54, 1.807) is 21.5 Å². The molecule has 0 unspecified atom stereocenters. The van der Waals surface area contributed by atoms with Crippen LogP contribution < -0.4 is 5.73 Å². The van der Waals surface area contributed by atoms with Crippen LogP contribution in [0.4, 0.5) is 10.3 Å². The average Bonchev–Trinajstić information content (AvgIpc) is 2.86. The van der Waals surface area contributed by atoms with Crippen molar-refractivity contribution < 1.29 is 4.39 Å². The van der Waals surface area contributed by atoms with E-state index in [4.69, 9.17) is 5.73 Å². The Kier molecular flexibility index (Phi) is 2.29. The molecule has 0 spiro atoms. The van der Waals surface area contributed by atoms with Gasteiger partial charge < -0.3 is 10.3 Å². The standard InChI is InChI=1S/C12H12FN5/c1-17-6-8(5-15-17)7-18-11-4-9(13)2-3-10(11)16-12(18)14/h2-6H,7H2,1H3,(H2,14,16). The molecule has 0 saturated carbocycles. The van der Waals surface area contributed by atoms with E-state index in [0.29, 0.717) is 23.5 Å². The van der Waals surface area contributed by atoms with Crippen molar-refractivity contribution >= 4 is 17.0 Å². The van der Waals surface area contributed by atoms with Crippen molar-refractivity contribution in [2.45, 2.75) is 6.54 Å². The topological polar surface area (TPSA) is 61.7 Å². The van der Waals surface area contributed by atoms with Crippen LogP contribution in [0, 0.1) is 5.82 Å². The summed E-state index contributed by atoms with van der Waals surface area (Å²) in [4.78, 5) is 4.20. The summed E-state index contributed by atoms with van der Waals surface area (Å²) in [7, 11) is 1.85. The van der Waals surface area contributed by atoms with Crippen LogP contribution >= 0.6 is 0 Å². The Morgan fingerprint density at radius 1 is 1.39 bits per heavy atom. The van der Waals surface area contributed by atoms with Crippen LogP contribution in [-0.4, -0.2) is 19.3 Å². The highest BCUT2D eigenvalue weighted by molar-refractivity contribution is 5.78. The molecule has 0 atom stereocenters. The lowest BCUT2D eigenvalue weighted by molar-refractivity contribution is 0.628. The minimum atomic E-state index is -0.296. The molecule has 0 fully saturated rings. The van der Waals surface area contributed by atoms with Gasteiger partial charge in [-0.15, -0.1) is 0 Å². The molecular weight excluding hydrogens is 233 g/mol. The summed E-state index contributed by atoms with van der Waals surface area (Å²) in [6, 6.07) is 4.44. The van der Waals surface area contributed by atoms with Gasteiger partial charge in [0.2, 0.25) is 5.95 Å². The Morgan fingerprint density at radius 2 is 2.22 bits per heavy atom. The van der Waals surface area contributed by atoms with E-state index in [0.717, 1.165) is 5.56 Å². The van der Waals surface area contributed by atoms with Crippen molar-refractivity contribution in [1.82, 2.24) is 19.3 Å². The third kappa shape index (κ3) is 1.71. The van der Waals surface area contributed by atoms with Gasteiger partial charge in [-0.1, -0.05) is 0 Å². The second-order valence-electron chi connectivity index (χ2n) is 4.21. The maximum absolute atomic E-state index is 13.3. The molecule has 2 heterocycles. The number of benzene rings is 1. The number of nitrogens with zero attached hydrogens (tertiary/aromatic N) is 4. The molecule has 0 aliphatic heterocycles. The van der Waals surface area contributed by atoms with Crippen molar-refractivity contribution in [1.29, 1.82) is 0 Å². The summed E-state index contributed by atoms with van der Waals surface area (Å²) < 4.78 is 16.8. The van der Waals surface area contributed by atoms with E-state index in [1.165, 1.54) is 12.1 Å². The van der Waals surface area contributed by atoms with E-state index in [9.17, 15) is 4.39 Å². The van der Waals surface area contributed by atoms with E-state index in [-0.39, 0.29) is 5.82 Å². The van der Waals surface area contributed by atoms with Crippen molar-refractivity contribution in [2.75, 3.05) is 5.73 Å². The van der Waals surface area contributed by atoms with Gasteiger partial charge in [0.05, 0.1) is 23.8 Å². The lowest BCUT2D eigenvalue weighted by atomic mass is 10.3. The number of hydrogen-bond donors (Lipinski definition) is 1. The maximum atomic E-state index is 13.3. The highest BCUT2D eigenvalue weighted by Gasteiger charge is 2.10. The number of nitrogens with two attached hydrogens (primary N) is 1. The summed E-state index contributed by atoms with van der Waals surface area (Å²) >= 11 is 0. The van der Waals surface area contributed by atoms with Crippen molar-refractivity contribution in [2.24, 2.45) is 7.05 Å². The van der Waals surface area contributed by atoms with Crippen LogP contribution in [-0.2, 0) is 13.6 Å². The molecule has 2 aromatic heterocycles. The molecule has 0 amide bonds. The van der Waals surface area contributed by atoms with Crippen LogP contribution in [0.3, 0.4) is 0 Å². The normalized spacial score (nSPS) is 11.2. The number of anilines is 1. The second-order valence-corrected chi connectivity index (χ2v) is 4.21. The van der Waals surface area contributed by atoms with E-state index in [1.807, 2.05) is 13.2 Å². The molecule has 1 aromatic carbocycles. The lowest BCUT2D eigenvalue weighted by Gasteiger charge is -2.04. The van der Waals surface area contributed by atoms with Crippen LogP contribution in [0.1, 0.15) is 5.56 Å². The van der Waals surface area contributed by atoms with Crippen molar-refractivity contribution in [3.8, 4) is 0 Å².